The van der Waals surface area contributed by atoms with Crippen LogP contribution in [0.5, 0.6) is 11.5 Å². The summed E-state index contributed by atoms with van der Waals surface area (Å²) in [6, 6.07) is 19.1. The molecule has 0 saturated carbocycles. The van der Waals surface area contributed by atoms with E-state index in [0.717, 1.165) is 5.56 Å². The second-order valence-electron chi connectivity index (χ2n) is 6.45. The van der Waals surface area contributed by atoms with Crippen molar-refractivity contribution < 1.29 is 19.1 Å². The summed E-state index contributed by atoms with van der Waals surface area (Å²) < 4.78 is 10.8. The molecular weight excluding hydrogens is 416 g/mol. The maximum atomic E-state index is 12.5. The number of carbonyl (C=O) groups excluding carboxylic acids is 2. The monoisotopic (exact) mass is 436 g/mol. The lowest BCUT2D eigenvalue weighted by molar-refractivity contribution is -0.111. The number of methoxy groups -OCH3 is 2. The minimum atomic E-state index is -0.360. The maximum absolute atomic E-state index is 12.5. The first kappa shape index (κ1) is 21.9. The zero-order chi connectivity index (χ0) is 22.2. The van der Waals surface area contributed by atoms with E-state index in [1.807, 2.05) is 12.1 Å². The van der Waals surface area contributed by atoms with Crippen LogP contribution < -0.4 is 20.1 Å². The van der Waals surface area contributed by atoms with E-state index < -0.39 is 0 Å². The Balaban J connectivity index is 1.79. The van der Waals surface area contributed by atoms with Crippen LogP contribution in [0.4, 0.5) is 11.4 Å². The van der Waals surface area contributed by atoms with Crippen LogP contribution in [0.1, 0.15) is 15.9 Å². The molecule has 0 heterocycles. The van der Waals surface area contributed by atoms with Crippen LogP contribution in [0.25, 0.3) is 6.08 Å². The number of benzene rings is 3. The van der Waals surface area contributed by atoms with Gasteiger partial charge in [0.05, 0.1) is 25.6 Å². The highest BCUT2D eigenvalue weighted by Crippen LogP contribution is 2.36. The number of hydrogen-bond acceptors (Lipinski definition) is 4. The Morgan fingerprint density at radius 3 is 2.10 bits per heavy atom. The predicted octanol–water partition coefficient (Wildman–Crippen LogP) is 5.26. The zero-order valence-corrected chi connectivity index (χ0v) is 17.8. The Hall–Kier alpha value is -3.77. The van der Waals surface area contributed by atoms with Crippen molar-refractivity contribution >= 4 is 40.9 Å². The third-order valence-electron chi connectivity index (χ3n) is 4.34. The van der Waals surface area contributed by atoms with E-state index in [0.29, 0.717) is 33.5 Å². The van der Waals surface area contributed by atoms with E-state index in [9.17, 15) is 9.59 Å². The van der Waals surface area contributed by atoms with Crippen molar-refractivity contribution in [2.75, 3.05) is 24.9 Å². The second-order valence-corrected chi connectivity index (χ2v) is 6.89. The van der Waals surface area contributed by atoms with Crippen molar-refractivity contribution in [3.05, 3.63) is 89.0 Å². The van der Waals surface area contributed by atoms with Gasteiger partial charge >= 0.3 is 0 Å². The van der Waals surface area contributed by atoms with Crippen molar-refractivity contribution in [3.63, 3.8) is 0 Å². The molecule has 0 saturated heterocycles. The molecule has 6 nitrogen and oxygen atoms in total. The second kappa shape index (κ2) is 10.3. The van der Waals surface area contributed by atoms with Crippen molar-refractivity contribution in [1.82, 2.24) is 0 Å². The minimum absolute atomic E-state index is 0.290. The van der Waals surface area contributed by atoms with Gasteiger partial charge in [-0.1, -0.05) is 41.9 Å². The molecule has 3 rings (SSSR count). The normalized spacial score (nSPS) is 10.5. The number of halogens is 1. The molecule has 2 N–H and O–H groups in total. The highest BCUT2D eigenvalue weighted by atomic mass is 35.5. The molecule has 3 aromatic carbocycles. The number of rotatable bonds is 7. The van der Waals surface area contributed by atoms with E-state index in [1.165, 1.54) is 20.3 Å². The SMILES string of the molecule is COc1cc(NC(=O)c2ccccc2)c(OC)cc1NC(=O)C=Cc1cccc(Cl)c1. The smallest absolute Gasteiger partial charge is 0.255 e. The molecule has 0 aliphatic carbocycles. The molecule has 0 spiro atoms. The maximum Gasteiger partial charge on any atom is 0.255 e. The quantitative estimate of drug-likeness (QED) is 0.495. The molecule has 2 amide bonds. The molecule has 7 heteroatoms. The summed E-state index contributed by atoms with van der Waals surface area (Å²) in [6.07, 6.45) is 3.04. The number of hydrogen-bond donors (Lipinski definition) is 2. The number of amides is 2. The highest BCUT2D eigenvalue weighted by molar-refractivity contribution is 6.30. The summed E-state index contributed by atoms with van der Waals surface area (Å²) in [7, 11) is 2.95. The standard InChI is InChI=1S/C24H21ClN2O4/c1-30-21-15-20(27-24(29)17-8-4-3-5-9-17)22(31-2)14-19(21)26-23(28)12-11-16-7-6-10-18(25)13-16/h3-15H,1-2H3,(H,26,28)(H,27,29). The van der Waals surface area contributed by atoms with Gasteiger partial charge in [-0.15, -0.1) is 0 Å². The summed E-state index contributed by atoms with van der Waals surface area (Å²) in [4.78, 5) is 24.9. The van der Waals surface area contributed by atoms with Crippen LogP contribution in [-0.4, -0.2) is 26.0 Å². The molecule has 0 fully saturated rings. The van der Waals surface area contributed by atoms with Gasteiger partial charge in [0.1, 0.15) is 11.5 Å². The fourth-order valence-corrected chi connectivity index (χ4v) is 3.03. The van der Waals surface area contributed by atoms with Gasteiger partial charge in [-0.25, -0.2) is 0 Å². The first-order chi connectivity index (χ1) is 15.0. The van der Waals surface area contributed by atoms with Crippen LogP contribution in [0, 0.1) is 0 Å². The molecule has 0 bridgehead atoms. The molecule has 3 aromatic rings. The summed E-state index contributed by atoms with van der Waals surface area (Å²) in [5.74, 6) is 0.0939. The van der Waals surface area contributed by atoms with Crippen LogP contribution in [0.2, 0.25) is 5.02 Å². The lowest BCUT2D eigenvalue weighted by Gasteiger charge is -2.16. The van der Waals surface area contributed by atoms with Gasteiger partial charge in [-0.3, -0.25) is 9.59 Å². The van der Waals surface area contributed by atoms with Gasteiger partial charge in [-0.05, 0) is 35.9 Å². The number of anilines is 2. The summed E-state index contributed by atoms with van der Waals surface area (Å²) in [6.45, 7) is 0. The van der Waals surface area contributed by atoms with E-state index in [4.69, 9.17) is 21.1 Å². The van der Waals surface area contributed by atoms with E-state index >= 15 is 0 Å². The molecular formula is C24H21ClN2O4. The highest BCUT2D eigenvalue weighted by Gasteiger charge is 2.15. The first-order valence-electron chi connectivity index (χ1n) is 9.37. The van der Waals surface area contributed by atoms with E-state index in [1.54, 1.807) is 60.7 Å². The third kappa shape index (κ3) is 5.87. The van der Waals surface area contributed by atoms with Gasteiger partial charge in [0, 0.05) is 28.8 Å². The van der Waals surface area contributed by atoms with Crippen LogP contribution in [-0.2, 0) is 4.79 Å². The number of carbonyl (C=O) groups is 2. The minimum Gasteiger partial charge on any atom is -0.494 e. The van der Waals surface area contributed by atoms with Crippen molar-refractivity contribution in [1.29, 1.82) is 0 Å². The summed E-state index contributed by atoms with van der Waals surface area (Å²) in [5, 5.41) is 6.14. The fourth-order valence-electron chi connectivity index (χ4n) is 2.83. The summed E-state index contributed by atoms with van der Waals surface area (Å²) >= 11 is 5.96. The Labute approximate surface area is 185 Å². The van der Waals surface area contributed by atoms with Gasteiger partial charge in [-0.2, -0.15) is 0 Å². The van der Waals surface area contributed by atoms with Crippen molar-refractivity contribution in [2.24, 2.45) is 0 Å². The van der Waals surface area contributed by atoms with Gasteiger partial charge in [0.15, 0.2) is 0 Å². The van der Waals surface area contributed by atoms with Crippen LogP contribution >= 0.6 is 11.6 Å². The van der Waals surface area contributed by atoms with Crippen molar-refractivity contribution in [2.45, 2.75) is 0 Å². The lowest BCUT2D eigenvalue weighted by atomic mass is 10.2. The Bertz CT molecular complexity index is 1110. The average molecular weight is 437 g/mol. The van der Waals surface area contributed by atoms with E-state index in [-0.39, 0.29) is 11.8 Å². The molecule has 0 atom stereocenters. The molecule has 158 valence electrons. The third-order valence-corrected chi connectivity index (χ3v) is 4.57. The molecule has 0 unspecified atom stereocenters. The molecule has 0 aliphatic rings. The van der Waals surface area contributed by atoms with Crippen LogP contribution in [0.3, 0.4) is 0 Å². The number of ether oxygens (including phenoxy) is 2. The average Bonchev–Trinajstić information content (AvgIpc) is 2.79. The van der Waals surface area contributed by atoms with Gasteiger partial charge in [0.2, 0.25) is 5.91 Å². The number of nitrogens with one attached hydrogen (secondary N) is 2. The topological polar surface area (TPSA) is 76.7 Å². The molecule has 0 aromatic heterocycles. The van der Waals surface area contributed by atoms with Gasteiger partial charge in [0.25, 0.3) is 5.91 Å². The Morgan fingerprint density at radius 2 is 1.48 bits per heavy atom. The fraction of sp³-hybridized carbons (Fsp3) is 0.0833. The largest absolute Gasteiger partial charge is 0.494 e. The van der Waals surface area contributed by atoms with Crippen LogP contribution in [0.15, 0.2) is 72.8 Å². The van der Waals surface area contributed by atoms with Crippen molar-refractivity contribution in [3.8, 4) is 11.5 Å². The zero-order valence-electron chi connectivity index (χ0n) is 17.0. The molecule has 0 radical (unpaired) electrons. The van der Waals surface area contributed by atoms with Gasteiger partial charge < -0.3 is 20.1 Å². The predicted molar refractivity (Wildman–Crippen MR) is 123 cm³/mol. The Morgan fingerprint density at radius 1 is 0.839 bits per heavy atom. The molecule has 0 aliphatic heterocycles. The Kier molecular flexibility index (Phi) is 7.30. The first-order valence-corrected chi connectivity index (χ1v) is 9.75. The van der Waals surface area contributed by atoms with E-state index in [2.05, 4.69) is 10.6 Å². The molecule has 31 heavy (non-hydrogen) atoms. The summed E-state index contributed by atoms with van der Waals surface area (Å²) in [5.41, 5.74) is 2.12. The lowest BCUT2D eigenvalue weighted by Crippen LogP contribution is -2.14.